The Kier molecular flexibility index (Phi) is 4.36. The maximum Gasteiger partial charge on any atom is 0.292 e. The van der Waals surface area contributed by atoms with Crippen molar-refractivity contribution in [2.24, 2.45) is 0 Å². The van der Waals surface area contributed by atoms with Gasteiger partial charge in [0.25, 0.3) is 10.5 Å². The van der Waals surface area contributed by atoms with Gasteiger partial charge < -0.3 is 9.32 Å². The molecule has 1 aliphatic rings. The first kappa shape index (κ1) is 16.6. The zero-order valence-corrected chi connectivity index (χ0v) is 14.7. The lowest BCUT2D eigenvalue weighted by atomic mass is 10.0. The lowest BCUT2D eigenvalue weighted by Gasteiger charge is -2.25. The van der Waals surface area contributed by atoms with Gasteiger partial charge >= 0.3 is 0 Å². The SMILES string of the molecule is O=[N+]([O-])c1cccc(-c2nn(C[NH+]3CCc4ccccc4C3)c(=S)o2)c1. The van der Waals surface area contributed by atoms with Crippen LogP contribution >= 0.6 is 12.2 Å². The molecule has 0 fully saturated rings. The molecule has 132 valence electrons. The standard InChI is InChI=1S/C18H16N4O3S/c23-22(24)16-7-3-6-14(10-16)17-19-21(18(26)25-17)12-20-9-8-13-4-1-2-5-15(13)11-20/h1-7,10H,8-9,11-12H2/p+1. The van der Waals surface area contributed by atoms with E-state index in [4.69, 9.17) is 16.6 Å². The highest BCUT2D eigenvalue weighted by Gasteiger charge is 2.21. The lowest BCUT2D eigenvalue weighted by molar-refractivity contribution is -0.939. The zero-order valence-electron chi connectivity index (χ0n) is 13.9. The average Bonchev–Trinajstić information content (AvgIpc) is 3.02. The van der Waals surface area contributed by atoms with Gasteiger partial charge in [0.15, 0.2) is 6.67 Å². The second-order valence-electron chi connectivity index (χ2n) is 6.33. The molecule has 26 heavy (non-hydrogen) atoms. The highest BCUT2D eigenvalue weighted by molar-refractivity contribution is 7.71. The van der Waals surface area contributed by atoms with E-state index in [9.17, 15) is 10.1 Å². The molecule has 0 bridgehead atoms. The summed E-state index contributed by atoms with van der Waals surface area (Å²) in [7, 11) is 0. The second-order valence-corrected chi connectivity index (χ2v) is 6.68. The van der Waals surface area contributed by atoms with Gasteiger partial charge in [-0.15, -0.1) is 5.10 Å². The Hall–Kier alpha value is -2.84. The van der Waals surface area contributed by atoms with Gasteiger partial charge in [-0.25, -0.2) is 0 Å². The molecule has 0 saturated carbocycles. The number of quaternary nitrogens is 1. The first-order valence-corrected chi connectivity index (χ1v) is 8.74. The second kappa shape index (κ2) is 6.81. The summed E-state index contributed by atoms with van der Waals surface area (Å²) in [6, 6.07) is 14.7. The number of nitro benzene ring substituents is 1. The van der Waals surface area contributed by atoms with Crippen molar-refractivity contribution < 1.29 is 14.2 Å². The average molecular weight is 369 g/mol. The van der Waals surface area contributed by atoms with Crippen molar-refractivity contribution in [3.05, 3.63) is 74.6 Å². The van der Waals surface area contributed by atoms with Crippen LogP contribution in [0.25, 0.3) is 11.5 Å². The van der Waals surface area contributed by atoms with E-state index in [-0.39, 0.29) is 10.5 Å². The number of aromatic nitrogens is 2. The van der Waals surface area contributed by atoms with Gasteiger partial charge in [-0.2, -0.15) is 4.68 Å². The Labute approximate surface area is 154 Å². The molecule has 3 aromatic rings. The summed E-state index contributed by atoms with van der Waals surface area (Å²) in [5, 5.41) is 15.4. The number of hydrogen-bond acceptors (Lipinski definition) is 5. The summed E-state index contributed by atoms with van der Waals surface area (Å²) >= 11 is 5.29. The van der Waals surface area contributed by atoms with Crippen molar-refractivity contribution in [2.45, 2.75) is 19.6 Å². The number of nitrogens with zero attached hydrogens (tertiary/aromatic N) is 3. The van der Waals surface area contributed by atoms with Crippen LogP contribution in [-0.2, 0) is 19.6 Å². The lowest BCUT2D eigenvalue weighted by Crippen LogP contribution is -3.11. The maximum absolute atomic E-state index is 10.9. The van der Waals surface area contributed by atoms with Crippen molar-refractivity contribution in [3.63, 3.8) is 0 Å². The van der Waals surface area contributed by atoms with E-state index in [1.807, 2.05) is 0 Å². The fourth-order valence-corrected chi connectivity index (χ4v) is 3.45. The van der Waals surface area contributed by atoms with Gasteiger partial charge in [-0.3, -0.25) is 10.1 Å². The summed E-state index contributed by atoms with van der Waals surface area (Å²) in [5.74, 6) is 0.301. The third-order valence-corrected chi connectivity index (χ3v) is 4.88. The quantitative estimate of drug-likeness (QED) is 0.434. The first-order chi connectivity index (χ1) is 12.6. The van der Waals surface area contributed by atoms with Crippen LogP contribution in [0.2, 0.25) is 0 Å². The highest BCUT2D eigenvalue weighted by atomic mass is 32.1. The predicted octanol–water partition coefficient (Wildman–Crippen LogP) is 2.38. The molecule has 1 unspecified atom stereocenters. The number of fused-ring (bicyclic) bond motifs is 1. The smallest absolute Gasteiger partial charge is 0.292 e. The van der Waals surface area contributed by atoms with Crippen LogP contribution in [0.5, 0.6) is 0 Å². The Morgan fingerprint density at radius 3 is 2.85 bits per heavy atom. The van der Waals surface area contributed by atoms with Crippen molar-refractivity contribution in [1.29, 1.82) is 0 Å². The minimum atomic E-state index is -0.440. The van der Waals surface area contributed by atoms with E-state index in [0.29, 0.717) is 18.1 Å². The normalized spacial score (nSPS) is 16.2. The van der Waals surface area contributed by atoms with Crippen LogP contribution in [0.3, 0.4) is 0 Å². The molecule has 2 heterocycles. The van der Waals surface area contributed by atoms with Gasteiger partial charge in [0, 0.05) is 29.7 Å². The van der Waals surface area contributed by atoms with Gasteiger partial charge in [0.05, 0.1) is 11.5 Å². The van der Waals surface area contributed by atoms with E-state index in [1.165, 1.54) is 28.2 Å². The van der Waals surface area contributed by atoms with E-state index < -0.39 is 4.92 Å². The molecular weight excluding hydrogens is 352 g/mol. The minimum Gasteiger partial charge on any atom is -0.409 e. The van der Waals surface area contributed by atoms with Crippen LogP contribution < -0.4 is 4.90 Å². The summed E-state index contributed by atoms with van der Waals surface area (Å²) in [6.07, 6.45) is 1.02. The van der Waals surface area contributed by atoms with Crippen molar-refractivity contribution in [1.82, 2.24) is 9.78 Å². The molecule has 8 heteroatoms. The molecular formula is C18H17N4O3S+. The minimum absolute atomic E-state index is 0.00330. The number of hydrogen-bond donors (Lipinski definition) is 1. The van der Waals surface area contributed by atoms with Crippen molar-refractivity contribution >= 4 is 17.9 Å². The first-order valence-electron chi connectivity index (χ1n) is 8.33. The highest BCUT2D eigenvalue weighted by Crippen LogP contribution is 2.22. The molecule has 4 rings (SSSR count). The molecule has 2 aromatic carbocycles. The van der Waals surface area contributed by atoms with E-state index in [0.717, 1.165) is 19.5 Å². The Bertz CT molecular complexity index is 1030. The monoisotopic (exact) mass is 369 g/mol. The van der Waals surface area contributed by atoms with Crippen LogP contribution in [0.1, 0.15) is 11.1 Å². The van der Waals surface area contributed by atoms with Gasteiger partial charge in [0.1, 0.15) is 6.54 Å². The fraction of sp³-hybridized carbons (Fsp3) is 0.222. The summed E-state index contributed by atoms with van der Waals surface area (Å²) < 4.78 is 7.24. The van der Waals surface area contributed by atoms with Crippen LogP contribution in [0, 0.1) is 15.0 Å². The molecule has 0 spiro atoms. The summed E-state index contributed by atoms with van der Waals surface area (Å²) in [4.78, 5) is 12.1. The van der Waals surface area contributed by atoms with E-state index >= 15 is 0 Å². The zero-order chi connectivity index (χ0) is 18.1. The Balaban J connectivity index is 1.55. The number of nitro groups is 1. The molecule has 0 aliphatic carbocycles. The fourth-order valence-electron chi connectivity index (χ4n) is 3.27. The summed E-state index contributed by atoms with van der Waals surface area (Å²) in [6.45, 7) is 2.51. The third kappa shape index (κ3) is 3.29. The maximum atomic E-state index is 10.9. The van der Waals surface area contributed by atoms with Crippen LogP contribution in [0.4, 0.5) is 5.69 Å². The largest absolute Gasteiger partial charge is 0.409 e. The topological polar surface area (TPSA) is 78.5 Å². The van der Waals surface area contributed by atoms with Gasteiger partial charge in [-0.1, -0.05) is 30.3 Å². The Morgan fingerprint density at radius 1 is 1.23 bits per heavy atom. The molecule has 0 amide bonds. The van der Waals surface area contributed by atoms with Crippen LogP contribution in [-0.4, -0.2) is 21.2 Å². The molecule has 1 aromatic heterocycles. The molecule has 1 atom stereocenters. The van der Waals surface area contributed by atoms with Crippen LogP contribution in [0.15, 0.2) is 52.9 Å². The van der Waals surface area contributed by atoms with Gasteiger partial charge in [-0.05, 0) is 23.8 Å². The number of benzene rings is 2. The van der Waals surface area contributed by atoms with Gasteiger partial charge in [0.2, 0.25) is 5.89 Å². The Morgan fingerprint density at radius 2 is 2.04 bits per heavy atom. The summed E-state index contributed by atoms with van der Waals surface area (Å²) in [5.41, 5.74) is 3.29. The number of non-ortho nitro benzene ring substituents is 1. The molecule has 0 saturated heterocycles. The van der Waals surface area contributed by atoms with Crippen molar-refractivity contribution in [2.75, 3.05) is 6.54 Å². The molecule has 0 radical (unpaired) electrons. The predicted molar refractivity (Wildman–Crippen MR) is 97.1 cm³/mol. The van der Waals surface area contributed by atoms with Crippen molar-refractivity contribution in [3.8, 4) is 11.5 Å². The third-order valence-electron chi connectivity index (χ3n) is 4.59. The molecule has 7 nitrogen and oxygen atoms in total. The molecule has 1 aliphatic heterocycles. The number of nitrogens with one attached hydrogen (secondary N) is 1. The van der Waals surface area contributed by atoms with E-state index in [2.05, 4.69) is 29.4 Å². The number of rotatable bonds is 4. The van der Waals surface area contributed by atoms with E-state index in [1.54, 1.807) is 16.8 Å². The molecule has 1 N–H and O–H groups in total.